The standard InChI is InChI=1S/C19H18F2N2O3S2/c1-12-4-3-5-14(8-12)25-10-17-22-23-19(26-17)27-11-13-6-7-16(28-18(20)21)15(9-13)24-2/h3-9,18H,10-11H2,1-2H3. The molecule has 0 aliphatic carbocycles. The Kier molecular flexibility index (Phi) is 7.16. The first-order valence-electron chi connectivity index (χ1n) is 8.30. The maximum atomic E-state index is 12.6. The summed E-state index contributed by atoms with van der Waals surface area (Å²) in [6, 6.07) is 12.8. The third kappa shape index (κ3) is 5.87. The Morgan fingerprint density at radius 1 is 1.14 bits per heavy atom. The molecule has 28 heavy (non-hydrogen) atoms. The SMILES string of the molecule is COc1cc(CSc2nnc(COc3cccc(C)c3)o2)ccc1SC(F)F. The van der Waals surface area contributed by atoms with Crippen molar-refractivity contribution in [3.8, 4) is 11.5 Å². The Balaban J connectivity index is 1.55. The van der Waals surface area contributed by atoms with E-state index in [2.05, 4.69) is 10.2 Å². The molecule has 0 atom stereocenters. The highest BCUT2D eigenvalue weighted by molar-refractivity contribution is 7.99. The Labute approximate surface area is 169 Å². The van der Waals surface area contributed by atoms with E-state index < -0.39 is 5.76 Å². The van der Waals surface area contributed by atoms with Crippen molar-refractivity contribution in [1.82, 2.24) is 10.2 Å². The average Bonchev–Trinajstić information content (AvgIpc) is 3.13. The van der Waals surface area contributed by atoms with Crippen molar-refractivity contribution in [2.75, 3.05) is 7.11 Å². The highest BCUT2D eigenvalue weighted by atomic mass is 32.2. The van der Waals surface area contributed by atoms with Gasteiger partial charge in [0.25, 0.3) is 16.9 Å². The fraction of sp³-hybridized carbons (Fsp3) is 0.263. The van der Waals surface area contributed by atoms with Crippen molar-refractivity contribution in [3.63, 3.8) is 0 Å². The molecule has 0 aliphatic rings. The number of ether oxygens (including phenoxy) is 2. The molecule has 1 aromatic heterocycles. The summed E-state index contributed by atoms with van der Waals surface area (Å²) in [5.41, 5.74) is 2.00. The molecule has 2 aromatic carbocycles. The van der Waals surface area contributed by atoms with Crippen LogP contribution in [0.4, 0.5) is 8.78 Å². The number of rotatable bonds is 9. The topological polar surface area (TPSA) is 57.4 Å². The van der Waals surface area contributed by atoms with Crippen LogP contribution in [-0.4, -0.2) is 23.1 Å². The molecule has 3 rings (SSSR count). The average molecular weight is 424 g/mol. The molecule has 0 bridgehead atoms. The number of halogens is 2. The van der Waals surface area contributed by atoms with E-state index in [-0.39, 0.29) is 6.61 Å². The zero-order valence-electron chi connectivity index (χ0n) is 15.2. The van der Waals surface area contributed by atoms with Crippen LogP contribution in [0.25, 0.3) is 0 Å². The number of benzene rings is 2. The molecule has 0 unspecified atom stereocenters. The normalized spacial score (nSPS) is 11.0. The molecule has 0 saturated heterocycles. The van der Waals surface area contributed by atoms with Crippen LogP contribution in [0.2, 0.25) is 0 Å². The number of methoxy groups -OCH3 is 1. The molecular weight excluding hydrogens is 406 g/mol. The zero-order valence-corrected chi connectivity index (χ0v) is 16.9. The molecule has 0 fully saturated rings. The number of nitrogens with zero attached hydrogens (tertiary/aromatic N) is 2. The van der Waals surface area contributed by atoms with E-state index in [1.807, 2.05) is 31.2 Å². The summed E-state index contributed by atoms with van der Waals surface area (Å²) in [4.78, 5) is 0.402. The van der Waals surface area contributed by atoms with Crippen molar-refractivity contribution in [2.24, 2.45) is 0 Å². The molecule has 0 saturated carbocycles. The second-order valence-electron chi connectivity index (χ2n) is 5.72. The molecule has 1 heterocycles. The van der Waals surface area contributed by atoms with E-state index >= 15 is 0 Å². The van der Waals surface area contributed by atoms with E-state index in [4.69, 9.17) is 13.9 Å². The first kappa shape index (κ1) is 20.5. The maximum Gasteiger partial charge on any atom is 0.289 e. The molecule has 0 radical (unpaired) electrons. The largest absolute Gasteiger partial charge is 0.496 e. The summed E-state index contributed by atoms with van der Waals surface area (Å²) >= 11 is 1.81. The van der Waals surface area contributed by atoms with Gasteiger partial charge in [0.05, 0.1) is 12.0 Å². The lowest BCUT2D eigenvalue weighted by molar-refractivity contribution is 0.251. The Morgan fingerprint density at radius 3 is 2.75 bits per heavy atom. The summed E-state index contributed by atoms with van der Waals surface area (Å²) in [7, 11) is 1.46. The molecular formula is C19H18F2N2O3S2. The predicted molar refractivity (Wildman–Crippen MR) is 104 cm³/mol. The van der Waals surface area contributed by atoms with E-state index in [1.54, 1.807) is 18.2 Å². The summed E-state index contributed by atoms with van der Waals surface area (Å²) in [5, 5.41) is 8.38. The van der Waals surface area contributed by atoms with Crippen LogP contribution in [-0.2, 0) is 12.4 Å². The van der Waals surface area contributed by atoms with Gasteiger partial charge in [-0.1, -0.05) is 41.7 Å². The molecule has 3 aromatic rings. The zero-order chi connectivity index (χ0) is 19.9. The van der Waals surface area contributed by atoms with Crippen molar-refractivity contribution in [3.05, 3.63) is 59.5 Å². The number of alkyl halides is 2. The molecule has 9 heteroatoms. The van der Waals surface area contributed by atoms with Crippen LogP contribution in [0.1, 0.15) is 17.0 Å². The Hall–Kier alpha value is -2.26. The number of hydrogen-bond acceptors (Lipinski definition) is 7. The molecule has 0 aliphatic heterocycles. The van der Waals surface area contributed by atoms with Crippen molar-refractivity contribution >= 4 is 23.5 Å². The second-order valence-corrected chi connectivity index (χ2v) is 7.68. The van der Waals surface area contributed by atoms with Crippen molar-refractivity contribution < 1.29 is 22.7 Å². The minimum atomic E-state index is -2.49. The van der Waals surface area contributed by atoms with Crippen LogP contribution in [0.3, 0.4) is 0 Å². The third-order valence-electron chi connectivity index (χ3n) is 3.61. The fourth-order valence-corrected chi connectivity index (χ4v) is 3.67. The molecule has 148 valence electrons. The quantitative estimate of drug-likeness (QED) is 0.416. The van der Waals surface area contributed by atoms with Gasteiger partial charge in [0, 0.05) is 5.75 Å². The molecule has 0 N–H and O–H groups in total. The van der Waals surface area contributed by atoms with Crippen molar-refractivity contribution in [2.45, 2.75) is 35.2 Å². The summed E-state index contributed by atoms with van der Waals surface area (Å²) < 4.78 is 41.5. The van der Waals surface area contributed by atoms with Crippen LogP contribution in [0, 0.1) is 6.92 Å². The van der Waals surface area contributed by atoms with Gasteiger partial charge in [0.15, 0.2) is 6.61 Å². The lowest BCUT2D eigenvalue weighted by atomic mass is 10.2. The van der Waals surface area contributed by atoms with E-state index in [0.717, 1.165) is 16.9 Å². The van der Waals surface area contributed by atoms with E-state index in [1.165, 1.54) is 18.9 Å². The Morgan fingerprint density at radius 2 is 2.00 bits per heavy atom. The van der Waals surface area contributed by atoms with Gasteiger partial charge in [-0.2, -0.15) is 8.78 Å². The first-order chi connectivity index (χ1) is 13.5. The predicted octanol–water partition coefficient (Wildman–Crippen LogP) is 5.57. The van der Waals surface area contributed by atoms with Crippen LogP contribution >= 0.6 is 23.5 Å². The van der Waals surface area contributed by atoms with Crippen LogP contribution in [0.5, 0.6) is 11.5 Å². The molecule has 0 amide bonds. The monoisotopic (exact) mass is 424 g/mol. The first-order valence-corrected chi connectivity index (χ1v) is 10.2. The highest BCUT2D eigenvalue weighted by Gasteiger charge is 2.13. The fourth-order valence-electron chi connectivity index (χ4n) is 2.35. The summed E-state index contributed by atoms with van der Waals surface area (Å²) in [5.74, 6) is -0.420. The number of aryl methyl sites for hydroxylation is 1. The highest BCUT2D eigenvalue weighted by Crippen LogP contribution is 2.35. The van der Waals surface area contributed by atoms with E-state index in [0.29, 0.717) is 39.3 Å². The smallest absolute Gasteiger partial charge is 0.289 e. The Bertz CT molecular complexity index is 922. The van der Waals surface area contributed by atoms with Crippen molar-refractivity contribution in [1.29, 1.82) is 0 Å². The van der Waals surface area contributed by atoms with Gasteiger partial charge in [-0.15, -0.1) is 10.2 Å². The number of thioether (sulfide) groups is 2. The summed E-state index contributed by atoms with van der Waals surface area (Å²) in [6.07, 6.45) is 0. The summed E-state index contributed by atoms with van der Waals surface area (Å²) in [6.45, 7) is 2.17. The maximum absolute atomic E-state index is 12.6. The van der Waals surface area contributed by atoms with Gasteiger partial charge < -0.3 is 13.9 Å². The van der Waals surface area contributed by atoms with Gasteiger partial charge in [-0.25, -0.2) is 0 Å². The molecule has 5 nitrogen and oxygen atoms in total. The van der Waals surface area contributed by atoms with Gasteiger partial charge >= 0.3 is 0 Å². The van der Waals surface area contributed by atoms with E-state index in [9.17, 15) is 8.78 Å². The lowest BCUT2D eigenvalue weighted by Gasteiger charge is -2.09. The second kappa shape index (κ2) is 9.79. The molecule has 0 spiro atoms. The van der Waals surface area contributed by atoms with Crippen LogP contribution < -0.4 is 9.47 Å². The van der Waals surface area contributed by atoms with Gasteiger partial charge in [-0.05, 0) is 42.3 Å². The number of hydrogen-bond donors (Lipinski definition) is 0. The van der Waals surface area contributed by atoms with Gasteiger partial charge in [-0.3, -0.25) is 0 Å². The number of aromatic nitrogens is 2. The van der Waals surface area contributed by atoms with Gasteiger partial charge in [0.2, 0.25) is 0 Å². The minimum absolute atomic E-state index is 0.185. The minimum Gasteiger partial charge on any atom is -0.496 e. The lowest BCUT2D eigenvalue weighted by Crippen LogP contribution is -1.95. The van der Waals surface area contributed by atoms with Gasteiger partial charge in [0.1, 0.15) is 11.5 Å². The third-order valence-corrected chi connectivity index (χ3v) is 5.27. The van der Waals surface area contributed by atoms with Crippen LogP contribution in [0.15, 0.2) is 57.0 Å².